The van der Waals surface area contributed by atoms with Gasteiger partial charge in [-0.2, -0.15) is 26.3 Å². The average molecular weight is 739 g/mol. The molecule has 0 spiro atoms. The minimum atomic E-state index is -5.08. The highest BCUT2D eigenvalue weighted by molar-refractivity contribution is 6.32. The van der Waals surface area contributed by atoms with Crippen LogP contribution in [0.2, 0.25) is 10.0 Å². The van der Waals surface area contributed by atoms with Crippen molar-refractivity contribution in [2.75, 3.05) is 31.6 Å². The van der Waals surface area contributed by atoms with Crippen LogP contribution in [0.25, 0.3) is 0 Å². The van der Waals surface area contributed by atoms with Gasteiger partial charge in [0, 0.05) is 36.6 Å². The van der Waals surface area contributed by atoms with Crippen molar-refractivity contribution in [3.63, 3.8) is 0 Å². The number of anilines is 1. The number of carboxylic acids is 2. The van der Waals surface area contributed by atoms with Gasteiger partial charge in [0.1, 0.15) is 23.7 Å². The van der Waals surface area contributed by atoms with E-state index in [4.69, 9.17) is 47.7 Å². The highest BCUT2D eigenvalue weighted by Crippen LogP contribution is 2.36. The van der Waals surface area contributed by atoms with E-state index in [9.17, 15) is 41.4 Å². The molecule has 0 saturated carbocycles. The summed E-state index contributed by atoms with van der Waals surface area (Å²) in [7, 11) is 0. The lowest BCUT2D eigenvalue weighted by Crippen LogP contribution is -2.49. The number of halogens is 8. The lowest BCUT2D eigenvalue weighted by Gasteiger charge is -2.34. The molecule has 48 heavy (non-hydrogen) atoms. The van der Waals surface area contributed by atoms with Gasteiger partial charge in [-0.15, -0.1) is 0 Å². The summed E-state index contributed by atoms with van der Waals surface area (Å²) in [6.07, 6.45) is -7.90. The average Bonchev–Trinajstić information content (AvgIpc) is 2.98. The SMILES string of the molecule is CCC(=O)Nc1cc(Cl)c(O)cc1OC[C@@](C)(O)CNC1CCN(Cc2ccc(Cl)cc2)CC1.O=C(O)C(F)(F)F.O=C(O)C(F)(F)F. The second-order valence-corrected chi connectivity index (χ2v) is 11.5. The molecule has 1 fully saturated rings. The molecular weight excluding hydrogens is 703 g/mol. The number of phenols is 1. The van der Waals surface area contributed by atoms with Crippen molar-refractivity contribution in [3.05, 3.63) is 52.0 Å². The van der Waals surface area contributed by atoms with Crippen LogP contribution in [0.5, 0.6) is 11.5 Å². The highest BCUT2D eigenvalue weighted by atomic mass is 35.5. The summed E-state index contributed by atoms with van der Waals surface area (Å²) < 4.78 is 69.2. The van der Waals surface area contributed by atoms with Crippen LogP contribution < -0.4 is 15.4 Å². The molecular formula is C29H35Cl2F6N3O8. The Balaban J connectivity index is 0.000000687. The zero-order chi connectivity index (χ0) is 36.9. The van der Waals surface area contributed by atoms with Crippen molar-refractivity contribution in [3.8, 4) is 11.5 Å². The third-order valence-corrected chi connectivity index (χ3v) is 6.90. The first kappa shape index (κ1) is 42.5. The molecule has 1 saturated heterocycles. The number of phenolic OH excluding ortho intramolecular Hbond substituents is 1. The number of aromatic hydroxyl groups is 1. The maximum Gasteiger partial charge on any atom is 0.490 e. The van der Waals surface area contributed by atoms with Crippen LogP contribution in [0.1, 0.15) is 38.7 Å². The van der Waals surface area contributed by atoms with E-state index in [2.05, 4.69) is 27.7 Å². The first-order valence-electron chi connectivity index (χ1n) is 14.0. The Kier molecular flexibility index (Phi) is 16.7. The van der Waals surface area contributed by atoms with E-state index in [1.807, 2.05) is 12.1 Å². The van der Waals surface area contributed by atoms with Crippen molar-refractivity contribution >= 4 is 46.7 Å². The van der Waals surface area contributed by atoms with Crippen LogP contribution in [0, 0.1) is 0 Å². The van der Waals surface area contributed by atoms with Crippen LogP contribution in [0.15, 0.2) is 36.4 Å². The first-order valence-corrected chi connectivity index (χ1v) is 14.8. The first-order chi connectivity index (χ1) is 22.0. The van der Waals surface area contributed by atoms with E-state index >= 15 is 0 Å². The van der Waals surface area contributed by atoms with Gasteiger partial charge in [-0.1, -0.05) is 42.3 Å². The van der Waals surface area contributed by atoms with Gasteiger partial charge in [0.05, 0.1) is 10.7 Å². The van der Waals surface area contributed by atoms with Gasteiger partial charge in [-0.25, -0.2) is 9.59 Å². The van der Waals surface area contributed by atoms with Gasteiger partial charge in [0.25, 0.3) is 0 Å². The van der Waals surface area contributed by atoms with Gasteiger partial charge in [0.2, 0.25) is 5.91 Å². The molecule has 3 rings (SSSR count). The summed E-state index contributed by atoms with van der Waals surface area (Å²) in [6, 6.07) is 11.0. The molecule has 0 radical (unpaired) electrons. The molecule has 2 aromatic rings. The normalized spacial score (nSPS) is 15.1. The number of carbonyl (C=O) groups excluding carboxylic acids is 1. The summed E-state index contributed by atoms with van der Waals surface area (Å²) in [6.45, 7) is 6.61. The van der Waals surface area contributed by atoms with Crippen molar-refractivity contribution in [1.82, 2.24) is 10.2 Å². The number of aliphatic carboxylic acids is 2. The quantitative estimate of drug-likeness (QED) is 0.132. The fourth-order valence-corrected chi connectivity index (χ4v) is 4.08. The van der Waals surface area contributed by atoms with Gasteiger partial charge >= 0.3 is 24.3 Å². The molecule has 0 aromatic heterocycles. The predicted octanol–water partition coefficient (Wildman–Crippen LogP) is 5.70. The van der Waals surface area contributed by atoms with Crippen LogP contribution >= 0.6 is 23.2 Å². The molecule has 0 bridgehead atoms. The van der Waals surface area contributed by atoms with Gasteiger partial charge in [-0.3, -0.25) is 9.69 Å². The number of benzene rings is 2. The fraction of sp³-hybridized carbons (Fsp3) is 0.483. The molecule has 1 atom stereocenters. The Labute approximate surface area is 281 Å². The number of rotatable bonds is 10. The Morgan fingerprint density at radius 2 is 1.46 bits per heavy atom. The molecule has 6 N–H and O–H groups in total. The van der Waals surface area contributed by atoms with Gasteiger partial charge in [-0.05, 0) is 56.6 Å². The number of carbonyl (C=O) groups is 3. The van der Waals surface area contributed by atoms with E-state index < -0.39 is 29.9 Å². The standard InChI is InChI=1S/C25H33Cl2N3O4.2C2HF3O2/c1-3-24(32)29-21-12-20(27)22(31)13-23(21)34-16-25(2,33)15-28-19-8-10-30(11-9-19)14-17-4-6-18(26)7-5-17;2*3-2(4,5)1(6)7/h4-7,12-13,19,28,31,33H,3,8-11,14-16H2,1-2H3,(H,29,32);2*(H,6,7)/t25-;;/m0../s1. The molecule has 2 aromatic carbocycles. The molecule has 1 aliphatic rings. The summed E-state index contributed by atoms with van der Waals surface area (Å²) in [5, 5.41) is 42.0. The number of alkyl halides is 6. The Bertz CT molecular complexity index is 1330. The number of nitrogens with one attached hydrogen (secondary N) is 2. The number of hydrogen-bond donors (Lipinski definition) is 6. The fourth-order valence-electron chi connectivity index (χ4n) is 3.79. The van der Waals surface area contributed by atoms with Crippen molar-refractivity contribution in [2.24, 2.45) is 0 Å². The molecule has 19 heteroatoms. The number of nitrogens with zero attached hydrogens (tertiary/aromatic N) is 1. The van der Waals surface area contributed by atoms with Crippen LogP contribution in [0.3, 0.4) is 0 Å². The molecule has 0 aliphatic carbocycles. The largest absolute Gasteiger partial charge is 0.506 e. The number of hydrogen-bond acceptors (Lipinski definition) is 8. The number of piperidine rings is 1. The number of amides is 1. The third-order valence-electron chi connectivity index (χ3n) is 6.35. The smallest absolute Gasteiger partial charge is 0.490 e. The topological polar surface area (TPSA) is 169 Å². The van der Waals surface area contributed by atoms with Crippen molar-refractivity contribution in [2.45, 2.75) is 63.7 Å². The maximum absolute atomic E-state index is 11.8. The Morgan fingerprint density at radius 1 is 0.958 bits per heavy atom. The minimum absolute atomic E-state index is 0.0223. The number of carboxylic acid groups (broad SMARTS) is 2. The monoisotopic (exact) mass is 737 g/mol. The minimum Gasteiger partial charge on any atom is -0.506 e. The van der Waals surface area contributed by atoms with E-state index in [0.717, 1.165) is 37.5 Å². The highest BCUT2D eigenvalue weighted by Gasteiger charge is 2.39. The molecule has 1 amide bonds. The summed E-state index contributed by atoms with van der Waals surface area (Å²) in [5.41, 5.74) is 0.451. The maximum atomic E-state index is 11.8. The van der Waals surface area contributed by atoms with E-state index in [1.54, 1.807) is 13.8 Å². The molecule has 0 unspecified atom stereocenters. The van der Waals surface area contributed by atoms with Crippen molar-refractivity contribution in [1.29, 1.82) is 0 Å². The van der Waals surface area contributed by atoms with Crippen molar-refractivity contribution < 1.29 is 65.9 Å². The molecule has 270 valence electrons. The zero-order valence-corrected chi connectivity index (χ0v) is 27.1. The second-order valence-electron chi connectivity index (χ2n) is 10.7. The van der Waals surface area contributed by atoms with Gasteiger partial charge in [0.15, 0.2) is 0 Å². The Morgan fingerprint density at radius 3 is 1.92 bits per heavy atom. The zero-order valence-electron chi connectivity index (χ0n) is 25.6. The third kappa shape index (κ3) is 16.5. The van der Waals surface area contributed by atoms with E-state index in [-0.39, 0.29) is 35.5 Å². The summed E-state index contributed by atoms with van der Waals surface area (Å²) >= 11 is 11.9. The summed E-state index contributed by atoms with van der Waals surface area (Å²) in [5.74, 6) is -5.63. The molecule has 1 aliphatic heterocycles. The number of aliphatic hydroxyl groups is 1. The van der Waals surface area contributed by atoms with E-state index in [1.165, 1.54) is 17.7 Å². The second kappa shape index (κ2) is 18.9. The van der Waals surface area contributed by atoms with Crippen LogP contribution in [0.4, 0.5) is 32.0 Å². The molecule has 11 nitrogen and oxygen atoms in total. The Hall–Kier alpha value is -3.51. The molecule has 1 heterocycles. The number of likely N-dealkylation sites (tertiary alicyclic amines) is 1. The number of ether oxygens (including phenoxy) is 1. The lowest BCUT2D eigenvalue weighted by atomic mass is 10.0. The van der Waals surface area contributed by atoms with Crippen LogP contribution in [-0.2, 0) is 20.9 Å². The lowest BCUT2D eigenvalue weighted by molar-refractivity contribution is -0.193. The predicted molar refractivity (Wildman–Crippen MR) is 163 cm³/mol. The van der Waals surface area contributed by atoms with E-state index in [0.29, 0.717) is 18.3 Å². The van der Waals surface area contributed by atoms with Crippen LogP contribution in [-0.4, -0.2) is 93.4 Å². The van der Waals surface area contributed by atoms with Gasteiger partial charge < -0.3 is 35.8 Å². The summed E-state index contributed by atoms with van der Waals surface area (Å²) in [4.78, 5) is 32.0.